The number of benzene rings is 2. The van der Waals surface area contributed by atoms with Gasteiger partial charge in [-0.3, -0.25) is 4.57 Å². The quantitative estimate of drug-likeness (QED) is 0.482. The lowest BCUT2D eigenvalue weighted by Crippen LogP contribution is -2.03. The molecule has 0 radical (unpaired) electrons. The Hall–Kier alpha value is -2.58. The summed E-state index contributed by atoms with van der Waals surface area (Å²) in [7, 11) is -3.51. The number of nitrogens with two attached hydrogens (primary N) is 1. The monoisotopic (exact) mass is 400 g/mol. The van der Waals surface area contributed by atoms with Crippen LogP contribution in [-0.4, -0.2) is 23.2 Å². The van der Waals surface area contributed by atoms with Crippen LogP contribution in [0.1, 0.15) is 11.1 Å². The highest BCUT2D eigenvalue weighted by Gasteiger charge is 2.17. The number of anilines is 1. The summed E-state index contributed by atoms with van der Waals surface area (Å²) in [6, 6.07) is 13.7. The standard InChI is InChI=1S/C19H20N4O2S2/c1-3-12-23-18(20)21-22-19(23)26-13-15-6-10-17(11-7-15)27(24,25)16-8-4-14(2)5-9-16/h3-11H,1,12-13H2,2H3,(H2,20,21). The van der Waals surface area contributed by atoms with E-state index in [0.29, 0.717) is 28.3 Å². The highest BCUT2D eigenvalue weighted by Crippen LogP contribution is 2.25. The molecule has 0 unspecified atom stereocenters. The van der Waals surface area contributed by atoms with E-state index in [0.717, 1.165) is 11.1 Å². The lowest BCUT2D eigenvalue weighted by Gasteiger charge is -2.07. The van der Waals surface area contributed by atoms with E-state index in [1.807, 2.05) is 19.1 Å². The highest BCUT2D eigenvalue weighted by atomic mass is 32.2. The zero-order chi connectivity index (χ0) is 19.4. The fourth-order valence-electron chi connectivity index (χ4n) is 2.47. The molecule has 0 saturated heterocycles. The number of hydrogen-bond acceptors (Lipinski definition) is 6. The van der Waals surface area contributed by atoms with Gasteiger partial charge in [0.05, 0.1) is 9.79 Å². The van der Waals surface area contributed by atoms with Crippen molar-refractivity contribution in [3.63, 3.8) is 0 Å². The van der Waals surface area contributed by atoms with Crippen molar-refractivity contribution < 1.29 is 8.42 Å². The van der Waals surface area contributed by atoms with E-state index in [1.165, 1.54) is 11.8 Å². The third-order valence-corrected chi connectivity index (χ3v) is 6.81. The summed E-state index contributed by atoms with van der Waals surface area (Å²) >= 11 is 1.48. The van der Waals surface area contributed by atoms with Gasteiger partial charge in [-0.15, -0.1) is 16.8 Å². The van der Waals surface area contributed by atoms with Gasteiger partial charge in [-0.2, -0.15) is 0 Å². The van der Waals surface area contributed by atoms with Crippen molar-refractivity contribution in [3.05, 3.63) is 72.3 Å². The van der Waals surface area contributed by atoms with Gasteiger partial charge in [0.15, 0.2) is 5.16 Å². The molecule has 1 aromatic heterocycles. The van der Waals surface area contributed by atoms with E-state index in [1.54, 1.807) is 47.0 Å². The molecular formula is C19H20N4O2S2. The van der Waals surface area contributed by atoms with Crippen LogP contribution in [-0.2, 0) is 22.1 Å². The third-order valence-electron chi connectivity index (χ3n) is 3.99. The first kappa shape index (κ1) is 19.2. The number of rotatable bonds is 7. The lowest BCUT2D eigenvalue weighted by atomic mass is 10.2. The molecule has 0 atom stereocenters. The van der Waals surface area contributed by atoms with Crippen LogP contribution in [0.15, 0.2) is 76.1 Å². The number of aromatic nitrogens is 3. The highest BCUT2D eigenvalue weighted by molar-refractivity contribution is 7.98. The molecule has 0 amide bonds. The third kappa shape index (κ3) is 4.23. The van der Waals surface area contributed by atoms with Crippen molar-refractivity contribution in [2.75, 3.05) is 5.73 Å². The summed E-state index contributed by atoms with van der Waals surface area (Å²) < 4.78 is 27.2. The summed E-state index contributed by atoms with van der Waals surface area (Å²) in [5.74, 6) is 0.970. The topological polar surface area (TPSA) is 90.9 Å². The summed E-state index contributed by atoms with van der Waals surface area (Å²) in [6.45, 7) is 6.16. The maximum atomic E-state index is 12.7. The van der Waals surface area contributed by atoms with Crippen LogP contribution in [0.2, 0.25) is 0 Å². The number of nitrogen functional groups attached to an aromatic ring is 1. The molecule has 0 bridgehead atoms. The van der Waals surface area contributed by atoms with Crippen LogP contribution in [0, 0.1) is 6.92 Å². The predicted molar refractivity (Wildman–Crippen MR) is 107 cm³/mol. The molecule has 2 N–H and O–H groups in total. The summed E-state index contributed by atoms with van der Waals surface area (Å²) in [5.41, 5.74) is 7.79. The Bertz CT molecular complexity index is 1040. The van der Waals surface area contributed by atoms with Crippen molar-refractivity contribution in [2.45, 2.75) is 34.2 Å². The molecule has 0 saturated carbocycles. The van der Waals surface area contributed by atoms with Crippen molar-refractivity contribution in [1.82, 2.24) is 14.8 Å². The first-order valence-corrected chi connectivity index (χ1v) is 10.7. The van der Waals surface area contributed by atoms with Gasteiger partial charge in [0.2, 0.25) is 15.8 Å². The summed E-state index contributed by atoms with van der Waals surface area (Å²) in [6.07, 6.45) is 1.73. The van der Waals surface area contributed by atoms with Gasteiger partial charge in [-0.25, -0.2) is 8.42 Å². The van der Waals surface area contributed by atoms with Gasteiger partial charge in [0.1, 0.15) is 0 Å². The van der Waals surface area contributed by atoms with Crippen LogP contribution in [0.3, 0.4) is 0 Å². The van der Waals surface area contributed by atoms with Crippen LogP contribution in [0.5, 0.6) is 0 Å². The van der Waals surface area contributed by atoms with Gasteiger partial charge in [-0.1, -0.05) is 47.7 Å². The molecule has 0 fully saturated rings. The minimum Gasteiger partial charge on any atom is -0.368 e. The molecule has 0 aliphatic rings. The van der Waals surface area contributed by atoms with E-state index in [2.05, 4.69) is 16.8 Å². The van der Waals surface area contributed by atoms with Crippen molar-refractivity contribution >= 4 is 27.5 Å². The number of allylic oxidation sites excluding steroid dienone is 1. The van der Waals surface area contributed by atoms with E-state index in [9.17, 15) is 8.42 Å². The van der Waals surface area contributed by atoms with E-state index in [-0.39, 0.29) is 4.90 Å². The van der Waals surface area contributed by atoms with Gasteiger partial charge in [0, 0.05) is 12.3 Å². The average Bonchev–Trinajstić information content (AvgIpc) is 3.01. The maximum absolute atomic E-state index is 12.7. The molecule has 2 aromatic carbocycles. The average molecular weight is 401 g/mol. The van der Waals surface area contributed by atoms with Gasteiger partial charge in [0.25, 0.3) is 0 Å². The molecule has 6 nitrogen and oxygen atoms in total. The zero-order valence-corrected chi connectivity index (χ0v) is 16.5. The van der Waals surface area contributed by atoms with Gasteiger partial charge < -0.3 is 5.73 Å². The fraction of sp³-hybridized carbons (Fsp3) is 0.158. The molecule has 8 heteroatoms. The SMILES string of the molecule is C=CCn1c(N)nnc1SCc1ccc(S(=O)(=O)c2ccc(C)cc2)cc1. The first-order valence-electron chi connectivity index (χ1n) is 8.25. The van der Waals surface area contributed by atoms with Gasteiger partial charge in [-0.05, 0) is 36.8 Å². The Labute approximate surface area is 163 Å². The lowest BCUT2D eigenvalue weighted by molar-refractivity contribution is 0.596. The molecule has 140 valence electrons. The minimum atomic E-state index is -3.51. The fourth-order valence-corrected chi connectivity index (χ4v) is 4.65. The van der Waals surface area contributed by atoms with Crippen LogP contribution in [0.25, 0.3) is 0 Å². The number of thioether (sulfide) groups is 1. The van der Waals surface area contributed by atoms with E-state index < -0.39 is 9.84 Å². The van der Waals surface area contributed by atoms with Crippen molar-refractivity contribution in [2.24, 2.45) is 0 Å². The summed E-state index contributed by atoms with van der Waals surface area (Å²) in [4.78, 5) is 0.572. The van der Waals surface area contributed by atoms with E-state index >= 15 is 0 Å². The van der Waals surface area contributed by atoms with Crippen molar-refractivity contribution in [1.29, 1.82) is 0 Å². The number of hydrogen-bond donors (Lipinski definition) is 1. The smallest absolute Gasteiger partial charge is 0.222 e. The molecule has 0 aliphatic heterocycles. The van der Waals surface area contributed by atoms with Crippen LogP contribution < -0.4 is 5.73 Å². The Balaban J connectivity index is 1.74. The molecule has 1 heterocycles. The Morgan fingerprint density at radius 3 is 2.26 bits per heavy atom. The maximum Gasteiger partial charge on any atom is 0.222 e. The Kier molecular flexibility index (Phi) is 5.67. The van der Waals surface area contributed by atoms with E-state index in [4.69, 9.17) is 5.73 Å². The molecule has 0 spiro atoms. The van der Waals surface area contributed by atoms with Crippen LogP contribution in [0.4, 0.5) is 5.95 Å². The largest absolute Gasteiger partial charge is 0.368 e. The normalized spacial score (nSPS) is 11.4. The predicted octanol–water partition coefficient (Wildman–Crippen LogP) is 3.48. The number of aryl methyl sites for hydroxylation is 1. The Morgan fingerprint density at radius 2 is 1.67 bits per heavy atom. The number of sulfone groups is 1. The minimum absolute atomic E-state index is 0.277. The zero-order valence-electron chi connectivity index (χ0n) is 14.9. The summed E-state index contributed by atoms with van der Waals surface area (Å²) in [5, 5.41) is 8.63. The molecular weight excluding hydrogens is 380 g/mol. The second-order valence-electron chi connectivity index (χ2n) is 5.99. The molecule has 3 aromatic rings. The van der Waals surface area contributed by atoms with Crippen molar-refractivity contribution in [3.8, 4) is 0 Å². The molecule has 27 heavy (non-hydrogen) atoms. The Morgan fingerprint density at radius 1 is 1.07 bits per heavy atom. The number of nitrogens with zero attached hydrogens (tertiary/aromatic N) is 3. The first-order chi connectivity index (χ1) is 12.9. The second-order valence-corrected chi connectivity index (χ2v) is 8.88. The molecule has 0 aliphatic carbocycles. The van der Waals surface area contributed by atoms with Crippen LogP contribution >= 0.6 is 11.8 Å². The van der Waals surface area contributed by atoms with Gasteiger partial charge >= 0.3 is 0 Å². The second kappa shape index (κ2) is 7.98. The molecule has 3 rings (SSSR count).